The Bertz CT molecular complexity index is 1370. The van der Waals surface area contributed by atoms with Crippen LogP contribution in [0.2, 0.25) is 0 Å². The topological polar surface area (TPSA) is 84.8 Å². The van der Waals surface area contributed by atoms with E-state index in [0.29, 0.717) is 11.4 Å². The van der Waals surface area contributed by atoms with Gasteiger partial charge in [0, 0.05) is 10.9 Å². The van der Waals surface area contributed by atoms with E-state index < -0.39 is 0 Å². The summed E-state index contributed by atoms with van der Waals surface area (Å²) in [6.45, 7) is 3.97. The van der Waals surface area contributed by atoms with Crippen LogP contribution < -0.4 is 14.9 Å². The summed E-state index contributed by atoms with van der Waals surface area (Å²) in [5.74, 6) is 0.788. The largest absolute Gasteiger partial charge is 0.496 e. The van der Waals surface area contributed by atoms with Crippen molar-refractivity contribution < 1.29 is 9.14 Å². The fraction of sp³-hybridized carbons (Fsp3) is 0.167. The molecule has 0 aliphatic carbocycles. The summed E-state index contributed by atoms with van der Waals surface area (Å²) in [7, 11) is 1.65. The minimum Gasteiger partial charge on any atom is -0.496 e. The zero-order valence-electron chi connectivity index (χ0n) is 14.0. The molecule has 0 saturated heterocycles. The summed E-state index contributed by atoms with van der Waals surface area (Å²) in [6, 6.07) is 6.19. The highest BCUT2D eigenvalue weighted by Gasteiger charge is 2.31. The Labute approximate surface area is 142 Å². The zero-order valence-corrected chi connectivity index (χ0v) is 14.0. The van der Waals surface area contributed by atoms with Crippen molar-refractivity contribution in [1.82, 2.24) is 14.0 Å². The lowest BCUT2D eigenvalue weighted by molar-refractivity contribution is -0.511. The van der Waals surface area contributed by atoms with Crippen LogP contribution in [-0.2, 0) is 0 Å². The van der Waals surface area contributed by atoms with Gasteiger partial charge in [-0.1, -0.05) is 0 Å². The van der Waals surface area contributed by atoms with Crippen molar-refractivity contribution in [2.45, 2.75) is 13.8 Å². The standard InChI is InChI=1S/C18H15N6O/c1-9-7-22-12(6-19)16(20)15-14-10(2)13(25-3)5-4-11(14)23-8-21-24(9)18(23)17(15)22/h4-5,7-8H,20H2,1-3H3/q+1. The van der Waals surface area contributed by atoms with E-state index in [1.807, 2.05) is 45.5 Å². The van der Waals surface area contributed by atoms with Crippen LogP contribution in [0.4, 0.5) is 5.69 Å². The summed E-state index contributed by atoms with van der Waals surface area (Å²) >= 11 is 0. The summed E-state index contributed by atoms with van der Waals surface area (Å²) < 4.78 is 11.3. The first-order valence-corrected chi connectivity index (χ1v) is 7.89. The summed E-state index contributed by atoms with van der Waals surface area (Å²) in [5.41, 5.74) is 12.0. The van der Waals surface area contributed by atoms with E-state index in [2.05, 4.69) is 11.2 Å². The quantitative estimate of drug-likeness (QED) is 0.376. The van der Waals surface area contributed by atoms with E-state index in [0.717, 1.165) is 44.5 Å². The molecule has 0 fully saturated rings. The number of benzene rings is 1. The monoisotopic (exact) mass is 331 g/mol. The van der Waals surface area contributed by atoms with Crippen molar-refractivity contribution in [1.29, 1.82) is 5.26 Å². The van der Waals surface area contributed by atoms with Crippen LogP contribution in [0, 0.1) is 25.2 Å². The lowest BCUT2D eigenvalue weighted by atomic mass is 10.0. The molecule has 0 amide bonds. The van der Waals surface area contributed by atoms with E-state index in [1.54, 1.807) is 13.4 Å². The molecule has 0 aliphatic heterocycles. The Kier molecular flexibility index (Phi) is 2.39. The molecule has 4 heterocycles. The zero-order chi connectivity index (χ0) is 17.5. The summed E-state index contributed by atoms with van der Waals surface area (Å²) in [6.07, 6.45) is 3.70. The van der Waals surface area contributed by atoms with Gasteiger partial charge in [-0.3, -0.25) is 4.40 Å². The van der Waals surface area contributed by atoms with Crippen LogP contribution in [0.25, 0.3) is 27.5 Å². The number of aromatic nitrogens is 4. The van der Waals surface area contributed by atoms with Gasteiger partial charge in [-0.15, -0.1) is 4.40 Å². The highest BCUT2D eigenvalue weighted by atomic mass is 16.5. The van der Waals surface area contributed by atoms with Gasteiger partial charge in [0.1, 0.15) is 23.5 Å². The first-order valence-electron chi connectivity index (χ1n) is 7.89. The number of ether oxygens (including phenoxy) is 1. The molecule has 0 atom stereocenters. The van der Waals surface area contributed by atoms with Gasteiger partial charge in [0.05, 0.1) is 18.0 Å². The van der Waals surface area contributed by atoms with Gasteiger partial charge >= 0.3 is 5.69 Å². The molecule has 1 aromatic carbocycles. The maximum Gasteiger partial charge on any atom is 0.313 e. The van der Waals surface area contributed by atoms with Gasteiger partial charge < -0.3 is 10.5 Å². The molecule has 0 unspecified atom stereocenters. The van der Waals surface area contributed by atoms with E-state index in [9.17, 15) is 5.26 Å². The molecule has 2 N–H and O–H groups in total. The molecule has 0 aliphatic rings. The van der Waals surface area contributed by atoms with Crippen molar-refractivity contribution >= 4 is 33.1 Å². The van der Waals surface area contributed by atoms with Gasteiger partial charge in [0.25, 0.3) is 5.52 Å². The van der Waals surface area contributed by atoms with Crippen LogP contribution in [0.5, 0.6) is 5.75 Å². The van der Waals surface area contributed by atoms with Crippen molar-refractivity contribution in [3.63, 3.8) is 0 Å². The maximum atomic E-state index is 9.67. The third kappa shape index (κ3) is 1.41. The average molecular weight is 331 g/mol. The highest BCUT2D eigenvalue weighted by Crippen LogP contribution is 2.38. The highest BCUT2D eigenvalue weighted by molar-refractivity contribution is 6.16. The van der Waals surface area contributed by atoms with Gasteiger partial charge in [-0.05, 0) is 26.0 Å². The Morgan fingerprint density at radius 2 is 2.08 bits per heavy atom. The predicted molar refractivity (Wildman–Crippen MR) is 93.2 cm³/mol. The number of nitrogen functional groups attached to an aromatic ring is 1. The second kappa shape index (κ2) is 4.30. The Balaban J connectivity index is 2.26. The van der Waals surface area contributed by atoms with Crippen molar-refractivity contribution in [3.8, 4) is 11.8 Å². The van der Waals surface area contributed by atoms with Gasteiger partial charge in [-0.2, -0.15) is 10.4 Å². The molecular formula is C18H15N6O+. The fourth-order valence-corrected chi connectivity index (χ4v) is 3.94. The van der Waals surface area contributed by atoms with Crippen molar-refractivity contribution in [2.24, 2.45) is 0 Å². The molecule has 7 heteroatoms. The Morgan fingerprint density at radius 1 is 1.28 bits per heavy atom. The lowest BCUT2D eigenvalue weighted by Crippen LogP contribution is -2.26. The Hall–Kier alpha value is -3.53. The number of nitrogens with two attached hydrogens (primary N) is 1. The summed E-state index contributed by atoms with van der Waals surface area (Å²) in [5, 5.41) is 16.0. The second-order valence-electron chi connectivity index (χ2n) is 6.26. The Morgan fingerprint density at radius 3 is 2.80 bits per heavy atom. The van der Waals surface area contributed by atoms with E-state index >= 15 is 0 Å². The SMILES string of the molecule is COc1ccc2c(c1C)c1c(N)c(C#N)[n+]3cc(C)n4ncn2c4c13. The van der Waals surface area contributed by atoms with E-state index in [4.69, 9.17) is 10.5 Å². The van der Waals surface area contributed by atoms with Crippen molar-refractivity contribution in [3.05, 3.63) is 41.6 Å². The first-order chi connectivity index (χ1) is 12.1. The van der Waals surface area contributed by atoms with E-state index in [-0.39, 0.29) is 0 Å². The normalized spacial score (nSPS) is 11.9. The lowest BCUT2D eigenvalue weighted by Gasteiger charge is -2.11. The average Bonchev–Trinajstić information content (AvgIpc) is 3.15. The number of rotatable bonds is 1. The molecular weight excluding hydrogens is 316 g/mol. The number of nitrogens with zero attached hydrogens (tertiary/aromatic N) is 5. The number of pyridine rings is 1. The number of anilines is 1. The first kappa shape index (κ1) is 13.9. The van der Waals surface area contributed by atoms with Crippen LogP contribution in [0.3, 0.4) is 0 Å². The van der Waals surface area contributed by atoms with Crippen LogP contribution in [0.15, 0.2) is 24.7 Å². The van der Waals surface area contributed by atoms with Crippen LogP contribution in [-0.4, -0.2) is 21.1 Å². The summed E-state index contributed by atoms with van der Waals surface area (Å²) in [4.78, 5) is 0. The van der Waals surface area contributed by atoms with Gasteiger partial charge in [0.15, 0.2) is 12.3 Å². The molecule has 4 aromatic heterocycles. The molecule has 0 spiro atoms. The fourth-order valence-electron chi connectivity index (χ4n) is 3.94. The second-order valence-corrected chi connectivity index (χ2v) is 6.26. The molecule has 122 valence electrons. The number of methoxy groups -OCH3 is 1. The molecule has 7 nitrogen and oxygen atoms in total. The maximum absolute atomic E-state index is 9.67. The minimum absolute atomic E-state index is 0.443. The molecule has 5 aromatic rings. The molecule has 0 radical (unpaired) electrons. The van der Waals surface area contributed by atoms with Gasteiger partial charge in [0.2, 0.25) is 5.65 Å². The minimum atomic E-state index is 0.443. The third-order valence-electron chi connectivity index (χ3n) is 5.04. The molecule has 5 rings (SSSR count). The smallest absolute Gasteiger partial charge is 0.313 e. The third-order valence-corrected chi connectivity index (χ3v) is 5.04. The van der Waals surface area contributed by atoms with Crippen LogP contribution >= 0.6 is 0 Å². The van der Waals surface area contributed by atoms with E-state index in [1.165, 1.54) is 0 Å². The molecule has 0 bridgehead atoms. The number of hydrogen-bond donors (Lipinski definition) is 1. The predicted octanol–water partition coefficient (Wildman–Crippen LogP) is 2.00. The molecule has 0 saturated carbocycles. The number of hydrogen-bond acceptors (Lipinski definition) is 4. The number of aryl methyl sites for hydroxylation is 2. The number of nitriles is 1. The van der Waals surface area contributed by atoms with Crippen LogP contribution in [0.1, 0.15) is 17.0 Å². The van der Waals surface area contributed by atoms with Gasteiger partial charge in [-0.25, -0.2) is 4.52 Å². The van der Waals surface area contributed by atoms with Crippen molar-refractivity contribution in [2.75, 3.05) is 12.8 Å². The molecule has 25 heavy (non-hydrogen) atoms. The number of fused-ring (bicyclic) bond motifs is 3.